The average molecular weight is 149 g/mol. The number of hydrogen-bond acceptors (Lipinski definition) is 3. The Balaban J connectivity index is 0.000000187. The fraction of sp³-hybridized carbons (Fsp3) is 0.750. The number of carbonyl (C=O) groups is 1. The second-order valence-electron chi connectivity index (χ2n) is 1.52. The maximum atomic E-state index is 10.1. The first kappa shape index (κ1) is 8.29. The highest BCUT2D eigenvalue weighted by Crippen LogP contribution is 1.93. The third-order valence-electron chi connectivity index (χ3n) is 0.903. The van der Waals surface area contributed by atoms with Crippen molar-refractivity contribution in [1.29, 1.82) is 0 Å². The molecule has 1 rings (SSSR count). The van der Waals surface area contributed by atoms with Crippen molar-refractivity contribution in [3.63, 3.8) is 0 Å². The number of nitrogens with one attached hydrogen (secondary N) is 1. The lowest BCUT2D eigenvalue weighted by atomic mass is 10.4. The second kappa shape index (κ2) is 5.43. The lowest BCUT2D eigenvalue weighted by Crippen LogP contribution is -2.12. The molecule has 0 aromatic heterocycles. The molecular formula is C4H7NO3S. The monoisotopic (exact) mass is 149 g/mol. The molecule has 0 aromatic rings. The van der Waals surface area contributed by atoms with Crippen molar-refractivity contribution >= 4 is 17.5 Å². The maximum absolute atomic E-state index is 10.1. The molecule has 0 radical (unpaired) electrons. The first-order valence-electron chi connectivity index (χ1n) is 2.49. The Bertz CT molecular complexity index is 122. The molecule has 0 bridgehead atoms. The molecule has 0 unspecified atom stereocenters. The van der Waals surface area contributed by atoms with E-state index in [0.717, 1.165) is 19.4 Å². The van der Waals surface area contributed by atoms with Gasteiger partial charge in [-0.05, 0) is 6.42 Å². The Morgan fingerprint density at radius 2 is 2.00 bits per heavy atom. The van der Waals surface area contributed by atoms with Gasteiger partial charge in [0.2, 0.25) is 5.91 Å². The van der Waals surface area contributed by atoms with Gasteiger partial charge in [-0.2, -0.15) is 8.42 Å². The molecule has 52 valence electrons. The fourth-order valence-electron chi connectivity index (χ4n) is 0.565. The molecule has 1 heterocycles. The molecule has 1 aliphatic rings. The summed E-state index contributed by atoms with van der Waals surface area (Å²) in [5.41, 5.74) is 0. The quantitative estimate of drug-likeness (QED) is 0.491. The molecule has 0 saturated carbocycles. The van der Waals surface area contributed by atoms with Gasteiger partial charge in [-0.15, -0.1) is 0 Å². The summed E-state index contributed by atoms with van der Waals surface area (Å²) in [6.07, 6.45) is 1.76. The van der Waals surface area contributed by atoms with E-state index in [-0.39, 0.29) is 5.91 Å². The minimum Gasteiger partial charge on any atom is -0.356 e. The molecule has 0 atom stereocenters. The fourth-order valence-corrected chi connectivity index (χ4v) is 0.565. The summed E-state index contributed by atoms with van der Waals surface area (Å²) < 4.78 is 16.6. The molecular weight excluding hydrogens is 142 g/mol. The van der Waals surface area contributed by atoms with Crippen molar-refractivity contribution in [1.82, 2.24) is 5.32 Å². The van der Waals surface area contributed by atoms with Gasteiger partial charge in [-0.3, -0.25) is 4.79 Å². The van der Waals surface area contributed by atoms with Gasteiger partial charge in [0.25, 0.3) is 0 Å². The van der Waals surface area contributed by atoms with Crippen LogP contribution in [0.1, 0.15) is 12.8 Å². The summed E-state index contributed by atoms with van der Waals surface area (Å²) in [6.45, 7) is 0.888. The topological polar surface area (TPSA) is 63.2 Å². The molecule has 1 amide bonds. The normalized spacial score (nSPS) is 15.3. The van der Waals surface area contributed by atoms with Gasteiger partial charge in [0.05, 0.1) is 0 Å². The zero-order valence-electron chi connectivity index (χ0n) is 4.75. The first-order chi connectivity index (χ1) is 4.31. The number of carbonyl (C=O) groups excluding carboxylic acids is 1. The van der Waals surface area contributed by atoms with Crippen LogP contribution in [-0.4, -0.2) is 20.9 Å². The molecule has 4 nitrogen and oxygen atoms in total. The zero-order chi connectivity index (χ0) is 7.11. The molecule has 1 saturated heterocycles. The SMILES string of the molecule is O=C1CCCN1.O=S=O. The van der Waals surface area contributed by atoms with Crippen LogP contribution in [0.2, 0.25) is 0 Å². The van der Waals surface area contributed by atoms with Crippen LogP contribution in [0.25, 0.3) is 0 Å². The lowest BCUT2D eigenvalue weighted by Gasteiger charge is -1.80. The number of rotatable bonds is 0. The second-order valence-corrected chi connectivity index (χ2v) is 1.66. The van der Waals surface area contributed by atoms with E-state index >= 15 is 0 Å². The minimum absolute atomic E-state index is 0.204. The van der Waals surface area contributed by atoms with Crippen LogP contribution in [0.4, 0.5) is 0 Å². The van der Waals surface area contributed by atoms with Crippen LogP contribution in [0.15, 0.2) is 0 Å². The van der Waals surface area contributed by atoms with Crippen LogP contribution in [-0.2, 0) is 16.4 Å². The minimum atomic E-state index is -0.750. The van der Waals surface area contributed by atoms with Gasteiger partial charge >= 0.3 is 11.6 Å². The molecule has 0 aliphatic carbocycles. The number of amides is 1. The first-order valence-corrected chi connectivity index (χ1v) is 3.16. The Kier molecular flexibility index (Phi) is 5.00. The van der Waals surface area contributed by atoms with Gasteiger partial charge in [-0.25, -0.2) is 0 Å². The lowest BCUT2D eigenvalue weighted by molar-refractivity contribution is -0.119. The summed E-state index contributed by atoms with van der Waals surface area (Å²) in [5.74, 6) is 0.204. The highest BCUT2D eigenvalue weighted by atomic mass is 32.1. The van der Waals surface area contributed by atoms with Gasteiger partial charge in [0, 0.05) is 13.0 Å². The highest BCUT2D eigenvalue weighted by Gasteiger charge is 2.05. The third kappa shape index (κ3) is 5.16. The van der Waals surface area contributed by atoms with E-state index in [4.69, 9.17) is 8.42 Å². The summed E-state index contributed by atoms with van der Waals surface area (Å²) in [4.78, 5) is 10.1. The smallest absolute Gasteiger partial charge is 0.335 e. The predicted octanol–water partition coefficient (Wildman–Crippen LogP) is -0.774. The van der Waals surface area contributed by atoms with Gasteiger partial charge < -0.3 is 5.32 Å². The van der Waals surface area contributed by atoms with Gasteiger partial charge in [0.1, 0.15) is 0 Å². The van der Waals surface area contributed by atoms with E-state index in [9.17, 15) is 4.79 Å². The van der Waals surface area contributed by atoms with Crippen LogP contribution >= 0.6 is 0 Å². The van der Waals surface area contributed by atoms with Crippen molar-refractivity contribution in [3.05, 3.63) is 0 Å². The van der Waals surface area contributed by atoms with Crippen LogP contribution < -0.4 is 5.32 Å². The molecule has 1 aliphatic heterocycles. The summed E-state index contributed by atoms with van der Waals surface area (Å²) in [5, 5.41) is 2.68. The average Bonchev–Trinajstić information content (AvgIpc) is 2.20. The predicted molar refractivity (Wildman–Crippen MR) is 31.2 cm³/mol. The standard InChI is InChI=1S/C4H7NO.O2S/c6-4-2-1-3-5-4;1-3-2/h1-3H2,(H,5,6);. The maximum Gasteiger partial charge on any atom is 0.335 e. The largest absolute Gasteiger partial charge is 0.356 e. The summed E-state index contributed by atoms with van der Waals surface area (Å²) in [7, 11) is 0. The zero-order valence-corrected chi connectivity index (χ0v) is 5.57. The van der Waals surface area contributed by atoms with E-state index in [1.165, 1.54) is 0 Å². The molecule has 0 aromatic carbocycles. The molecule has 1 N–H and O–H groups in total. The Morgan fingerprint density at radius 1 is 1.44 bits per heavy atom. The van der Waals surface area contributed by atoms with Crippen LogP contribution in [0, 0.1) is 0 Å². The Morgan fingerprint density at radius 3 is 2.11 bits per heavy atom. The molecule has 5 heteroatoms. The van der Waals surface area contributed by atoms with E-state index in [2.05, 4.69) is 5.32 Å². The van der Waals surface area contributed by atoms with Crippen molar-refractivity contribution < 1.29 is 13.2 Å². The summed E-state index contributed by atoms with van der Waals surface area (Å²) in [6, 6.07) is 0. The number of hydrogen-bond donors (Lipinski definition) is 1. The van der Waals surface area contributed by atoms with E-state index in [0.29, 0.717) is 0 Å². The molecule has 1 fully saturated rings. The van der Waals surface area contributed by atoms with E-state index in [1.54, 1.807) is 0 Å². The van der Waals surface area contributed by atoms with Crippen molar-refractivity contribution in [2.75, 3.05) is 6.54 Å². The molecule has 0 spiro atoms. The van der Waals surface area contributed by atoms with E-state index in [1.807, 2.05) is 0 Å². The Labute approximate surface area is 56.2 Å². The summed E-state index contributed by atoms with van der Waals surface area (Å²) >= 11 is -0.750. The van der Waals surface area contributed by atoms with E-state index < -0.39 is 11.6 Å². The van der Waals surface area contributed by atoms with Gasteiger partial charge in [0.15, 0.2) is 0 Å². The van der Waals surface area contributed by atoms with Crippen molar-refractivity contribution in [2.45, 2.75) is 12.8 Å². The molecule has 9 heavy (non-hydrogen) atoms. The highest BCUT2D eigenvalue weighted by molar-refractivity contribution is 7.51. The van der Waals surface area contributed by atoms with Crippen LogP contribution in [0.3, 0.4) is 0 Å². The third-order valence-corrected chi connectivity index (χ3v) is 0.903. The van der Waals surface area contributed by atoms with Crippen molar-refractivity contribution in [2.24, 2.45) is 0 Å². The Hall–Kier alpha value is -0.710. The van der Waals surface area contributed by atoms with Crippen molar-refractivity contribution in [3.8, 4) is 0 Å². The van der Waals surface area contributed by atoms with Gasteiger partial charge in [-0.1, -0.05) is 0 Å². The van der Waals surface area contributed by atoms with Crippen LogP contribution in [0.5, 0.6) is 0 Å².